The van der Waals surface area contributed by atoms with Crippen molar-refractivity contribution in [2.45, 2.75) is 26.8 Å². The predicted octanol–water partition coefficient (Wildman–Crippen LogP) is 4.89. The zero-order valence-electron chi connectivity index (χ0n) is 12.4. The van der Waals surface area contributed by atoms with Crippen LogP contribution in [-0.2, 0) is 0 Å². The van der Waals surface area contributed by atoms with Crippen LogP contribution in [0.2, 0.25) is 0 Å². The lowest BCUT2D eigenvalue weighted by Crippen LogP contribution is -2.12. The molecule has 1 N–H and O–H groups in total. The molecule has 0 radical (unpaired) electrons. The van der Waals surface area contributed by atoms with Gasteiger partial charge in [-0.15, -0.1) is 0 Å². The van der Waals surface area contributed by atoms with Gasteiger partial charge in [-0.1, -0.05) is 23.8 Å². The predicted molar refractivity (Wildman–Crippen MR) is 91.8 cm³/mol. The van der Waals surface area contributed by atoms with Gasteiger partial charge in [0.25, 0.3) is 0 Å². The average molecular weight is 344 g/mol. The summed E-state index contributed by atoms with van der Waals surface area (Å²) in [6.07, 6.45) is 2.05. The monoisotopic (exact) mass is 343 g/mol. The van der Waals surface area contributed by atoms with Gasteiger partial charge in [0.2, 0.25) is 0 Å². The van der Waals surface area contributed by atoms with Gasteiger partial charge in [-0.3, -0.25) is 4.40 Å². The molecule has 0 amide bonds. The van der Waals surface area contributed by atoms with Crippen LogP contribution in [0.4, 0.5) is 5.82 Å². The number of nitrogens with zero attached hydrogens (tertiary/aromatic N) is 2. The maximum absolute atomic E-state index is 4.80. The molecular formula is C17H18BrN3. The summed E-state index contributed by atoms with van der Waals surface area (Å²) >= 11 is 3.53. The molecule has 0 atom stereocenters. The Balaban J connectivity index is 2.25. The number of rotatable bonds is 3. The molecule has 0 saturated heterocycles. The van der Waals surface area contributed by atoms with Crippen LogP contribution in [0.15, 0.2) is 47.1 Å². The Morgan fingerprint density at radius 1 is 1.19 bits per heavy atom. The van der Waals surface area contributed by atoms with E-state index in [0.717, 1.165) is 27.2 Å². The molecule has 0 fully saturated rings. The molecule has 0 unspecified atom stereocenters. The lowest BCUT2D eigenvalue weighted by atomic mass is 10.1. The second-order valence-electron chi connectivity index (χ2n) is 5.55. The maximum atomic E-state index is 4.80. The van der Waals surface area contributed by atoms with Gasteiger partial charge in [0.15, 0.2) is 0 Å². The first-order valence-corrected chi connectivity index (χ1v) is 7.85. The zero-order chi connectivity index (χ0) is 15.0. The number of aromatic nitrogens is 2. The Kier molecular flexibility index (Phi) is 3.72. The SMILES string of the molecule is Cc1cccc(-c2nc3ccc(Br)cn3c2NC(C)C)c1. The van der Waals surface area contributed by atoms with Gasteiger partial charge in [0, 0.05) is 22.3 Å². The molecule has 2 aromatic heterocycles. The Labute approximate surface area is 133 Å². The fraction of sp³-hybridized carbons (Fsp3) is 0.235. The third kappa shape index (κ3) is 2.81. The number of aryl methyl sites for hydroxylation is 1. The fourth-order valence-electron chi connectivity index (χ4n) is 2.42. The zero-order valence-corrected chi connectivity index (χ0v) is 14.0. The van der Waals surface area contributed by atoms with E-state index in [1.54, 1.807) is 0 Å². The quantitative estimate of drug-likeness (QED) is 0.733. The molecule has 3 rings (SSSR count). The number of anilines is 1. The second-order valence-corrected chi connectivity index (χ2v) is 6.47. The van der Waals surface area contributed by atoms with Crippen LogP contribution in [-0.4, -0.2) is 15.4 Å². The van der Waals surface area contributed by atoms with Crippen molar-refractivity contribution in [3.63, 3.8) is 0 Å². The van der Waals surface area contributed by atoms with Crippen LogP contribution in [0.1, 0.15) is 19.4 Å². The summed E-state index contributed by atoms with van der Waals surface area (Å²) in [7, 11) is 0. The number of pyridine rings is 1. The molecule has 0 saturated carbocycles. The molecule has 3 nitrogen and oxygen atoms in total. The van der Waals surface area contributed by atoms with Crippen LogP contribution in [0, 0.1) is 6.92 Å². The first-order chi connectivity index (χ1) is 10.0. The van der Waals surface area contributed by atoms with E-state index in [0.29, 0.717) is 6.04 Å². The van der Waals surface area contributed by atoms with Gasteiger partial charge in [-0.05, 0) is 54.9 Å². The van der Waals surface area contributed by atoms with Gasteiger partial charge in [-0.2, -0.15) is 0 Å². The molecule has 0 spiro atoms. The van der Waals surface area contributed by atoms with Crippen molar-refractivity contribution in [1.82, 2.24) is 9.38 Å². The second kappa shape index (κ2) is 5.53. The molecule has 21 heavy (non-hydrogen) atoms. The lowest BCUT2D eigenvalue weighted by molar-refractivity contribution is 0.885. The van der Waals surface area contributed by atoms with Crippen LogP contribution >= 0.6 is 15.9 Å². The minimum absolute atomic E-state index is 0.340. The van der Waals surface area contributed by atoms with E-state index in [-0.39, 0.29) is 0 Å². The minimum atomic E-state index is 0.340. The van der Waals surface area contributed by atoms with E-state index in [1.165, 1.54) is 5.56 Å². The number of benzene rings is 1. The van der Waals surface area contributed by atoms with Crippen molar-refractivity contribution < 1.29 is 0 Å². The minimum Gasteiger partial charge on any atom is -0.367 e. The Hall–Kier alpha value is -1.81. The summed E-state index contributed by atoms with van der Waals surface area (Å²) in [5, 5.41) is 3.52. The summed E-state index contributed by atoms with van der Waals surface area (Å²) in [5.74, 6) is 1.03. The van der Waals surface area contributed by atoms with Crippen molar-refractivity contribution in [2.75, 3.05) is 5.32 Å². The highest BCUT2D eigenvalue weighted by Gasteiger charge is 2.15. The van der Waals surface area contributed by atoms with E-state index in [2.05, 4.69) is 70.7 Å². The van der Waals surface area contributed by atoms with Crippen molar-refractivity contribution >= 4 is 27.4 Å². The molecule has 4 heteroatoms. The summed E-state index contributed by atoms with van der Waals surface area (Å²) in [6, 6.07) is 12.8. The largest absolute Gasteiger partial charge is 0.367 e. The molecule has 0 aliphatic heterocycles. The van der Waals surface area contributed by atoms with E-state index in [1.807, 2.05) is 18.3 Å². The number of halogens is 1. The fourth-order valence-corrected chi connectivity index (χ4v) is 2.76. The van der Waals surface area contributed by atoms with Crippen molar-refractivity contribution in [2.24, 2.45) is 0 Å². The standard InChI is InChI=1S/C17H18BrN3/c1-11(2)19-17-16(13-6-4-5-12(3)9-13)20-15-8-7-14(18)10-21(15)17/h4-11,19H,1-3H3. The van der Waals surface area contributed by atoms with Crippen molar-refractivity contribution in [3.05, 3.63) is 52.6 Å². The van der Waals surface area contributed by atoms with E-state index in [9.17, 15) is 0 Å². The highest BCUT2D eigenvalue weighted by Crippen LogP contribution is 2.30. The van der Waals surface area contributed by atoms with Crippen LogP contribution in [0.25, 0.3) is 16.9 Å². The number of nitrogens with one attached hydrogen (secondary N) is 1. The molecule has 1 aromatic carbocycles. The molecule has 3 aromatic rings. The van der Waals surface area contributed by atoms with Crippen molar-refractivity contribution in [3.8, 4) is 11.3 Å². The third-order valence-corrected chi connectivity index (χ3v) is 3.77. The van der Waals surface area contributed by atoms with Crippen molar-refractivity contribution in [1.29, 1.82) is 0 Å². The maximum Gasteiger partial charge on any atom is 0.139 e. The highest BCUT2D eigenvalue weighted by atomic mass is 79.9. The summed E-state index contributed by atoms with van der Waals surface area (Å²) in [4.78, 5) is 4.80. The number of hydrogen-bond acceptors (Lipinski definition) is 2. The highest BCUT2D eigenvalue weighted by molar-refractivity contribution is 9.10. The van der Waals surface area contributed by atoms with Gasteiger partial charge < -0.3 is 5.32 Å². The molecule has 108 valence electrons. The molecular weight excluding hydrogens is 326 g/mol. The summed E-state index contributed by atoms with van der Waals surface area (Å²) in [5.41, 5.74) is 4.31. The van der Waals surface area contributed by atoms with Gasteiger partial charge in [0.1, 0.15) is 17.2 Å². The number of fused-ring (bicyclic) bond motifs is 1. The average Bonchev–Trinajstić information content (AvgIpc) is 2.76. The third-order valence-electron chi connectivity index (χ3n) is 3.30. The Bertz CT molecular complexity index is 790. The number of imidazole rings is 1. The molecule has 0 bridgehead atoms. The lowest BCUT2D eigenvalue weighted by Gasteiger charge is -2.12. The van der Waals surface area contributed by atoms with Gasteiger partial charge in [-0.25, -0.2) is 4.98 Å². The summed E-state index contributed by atoms with van der Waals surface area (Å²) < 4.78 is 3.14. The smallest absolute Gasteiger partial charge is 0.139 e. The van der Waals surface area contributed by atoms with E-state index >= 15 is 0 Å². The van der Waals surface area contributed by atoms with E-state index in [4.69, 9.17) is 4.98 Å². The Morgan fingerprint density at radius 2 is 2.00 bits per heavy atom. The van der Waals surface area contributed by atoms with E-state index < -0.39 is 0 Å². The topological polar surface area (TPSA) is 29.3 Å². The van der Waals surface area contributed by atoms with Crippen LogP contribution < -0.4 is 5.32 Å². The Morgan fingerprint density at radius 3 is 2.71 bits per heavy atom. The normalized spacial score (nSPS) is 11.3. The number of hydrogen-bond donors (Lipinski definition) is 1. The first-order valence-electron chi connectivity index (χ1n) is 7.06. The summed E-state index contributed by atoms with van der Waals surface area (Å²) in [6.45, 7) is 6.38. The molecule has 2 heterocycles. The van der Waals surface area contributed by atoms with Gasteiger partial charge >= 0.3 is 0 Å². The molecule has 0 aliphatic carbocycles. The van der Waals surface area contributed by atoms with Gasteiger partial charge in [0.05, 0.1) is 0 Å². The van der Waals surface area contributed by atoms with Crippen LogP contribution in [0.5, 0.6) is 0 Å². The van der Waals surface area contributed by atoms with Crippen LogP contribution in [0.3, 0.4) is 0 Å². The first kappa shape index (κ1) is 14.1. The molecule has 0 aliphatic rings.